The SMILES string of the molecule is CCOc1cc(C(=O)O)cc(Cl)c1OCCOc1ccc(Cl)c(C)c1. The fraction of sp³-hybridized carbons (Fsp3) is 0.278. The van der Waals surface area contributed by atoms with E-state index in [9.17, 15) is 4.79 Å². The molecule has 0 aliphatic carbocycles. The molecule has 2 rings (SSSR count). The van der Waals surface area contributed by atoms with Gasteiger partial charge in [-0.15, -0.1) is 0 Å². The van der Waals surface area contributed by atoms with Gasteiger partial charge in [0.05, 0.1) is 17.2 Å². The average Bonchev–Trinajstić information content (AvgIpc) is 2.56. The topological polar surface area (TPSA) is 65.0 Å². The van der Waals surface area contributed by atoms with Crippen molar-refractivity contribution in [2.45, 2.75) is 13.8 Å². The highest BCUT2D eigenvalue weighted by Gasteiger charge is 2.15. The van der Waals surface area contributed by atoms with Crippen molar-refractivity contribution < 1.29 is 24.1 Å². The summed E-state index contributed by atoms with van der Waals surface area (Å²) in [6.45, 7) is 4.54. The Hall–Kier alpha value is -2.11. The first kappa shape index (κ1) is 19.2. The predicted molar refractivity (Wildman–Crippen MR) is 96.8 cm³/mol. The maximum Gasteiger partial charge on any atom is 0.335 e. The normalized spacial score (nSPS) is 10.4. The minimum atomic E-state index is -1.09. The molecule has 2 aromatic rings. The third-order valence-corrected chi connectivity index (χ3v) is 3.99. The number of carboxylic acids is 1. The van der Waals surface area contributed by atoms with Crippen LogP contribution in [0.5, 0.6) is 17.2 Å². The fourth-order valence-corrected chi connectivity index (χ4v) is 2.49. The Morgan fingerprint density at radius 1 is 1.04 bits per heavy atom. The van der Waals surface area contributed by atoms with E-state index in [1.807, 2.05) is 13.0 Å². The summed E-state index contributed by atoms with van der Waals surface area (Å²) in [5, 5.41) is 9.94. The molecule has 0 amide bonds. The second-order valence-corrected chi connectivity index (χ2v) is 5.95. The third kappa shape index (κ3) is 5.18. The van der Waals surface area contributed by atoms with Gasteiger partial charge in [0.2, 0.25) is 0 Å². The molecule has 0 bridgehead atoms. The number of aromatic carboxylic acids is 1. The third-order valence-electron chi connectivity index (χ3n) is 3.28. The van der Waals surface area contributed by atoms with Gasteiger partial charge in [-0.2, -0.15) is 0 Å². The van der Waals surface area contributed by atoms with Crippen LogP contribution in [0.4, 0.5) is 0 Å². The van der Waals surface area contributed by atoms with Gasteiger partial charge in [-0.05, 0) is 49.7 Å². The molecule has 0 spiro atoms. The summed E-state index contributed by atoms with van der Waals surface area (Å²) in [4.78, 5) is 11.1. The quantitative estimate of drug-likeness (QED) is 0.658. The molecule has 0 heterocycles. The van der Waals surface area contributed by atoms with Gasteiger partial charge in [-0.1, -0.05) is 23.2 Å². The molecule has 2 aromatic carbocycles. The molecule has 0 fully saturated rings. The number of carbonyl (C=O) groups is 1. The molecule has 0 aliphatic heterocycles. The van der Waals surface area contributed by atoms with Crippen molar-refractivity contribution in [3.63, 3.8) is 0 Å². The molecule has 7 heteroatoms. The minimum Gasteiger partial charge on any atom is -0.490 e. The van der Waals surface area contributed by atoms with Crippen molar-refractivity contribution in [3.8, 4) is 17.2 Å². The second-order valence-electron chi connectivity index (χ2n) is 5.13. The van der Waals surface area contributed by atoms with E-state index in [2.05, 4.69) is 0 Å². The summed E-state index contributed by atoms with van der Waals surface area (Å²) in [6, 6.07) is 8.08. The maximum atomic E-state index is 11.1. The van der Waals surface area contributed by atoms with Crippen molar-refractivity contribution in [3.05, 3.63) is 51.5 Å². The maximum absolute atomic E-state index is 11.1. The number of rotatable bonds is 8. The fourth-order valence-electron chi connectivity index (χ4n) is 2.10. The van der Waals surface area contributed by atoms with Crippen molar-refractivity contribution in [1.29, 1.82) is 0 Å². The first-order valence-electron chi connectivity index (χ1n) is 7.63. The summed E-state index contributed by atoms with van der Waals surface area (Å²) >= 11 is 12.1. The molecular formula is C18H18Cl2O5. The van der Waals surface area contributed by atoms with Crippen LogP contribution >= 0.6 is 23.2 Å². The van der Waals surface area contributed by atoms with Crippen molar-refractivity contribution in [1.82, 2.24) is 0 Å². The monoisotopic (exact) mass is 384 g/mol. The highest BCUT2D eigenvalue weighted by molar-refractivity contribution is 6.32. The molecule has 5 nitrogen and oxygen atoms in total. The van der Waals surface area contributed by atoms with Gasteiger partial charge < -0.3 is 19.3 Å². The first-order chi connectivity index (χ1) is 11.9. The Balaban J connectivity index is 2.01. The molecule has 25 heavy (non-hydrogen) atoms. The van der Waals surface area contributed by atoms with E-state index < -0.39 is 5.97 Å². The van der Waals surface area contributed by atoms with Gasteiger partial charge in [0.25, 0.3) is 0 Å². The Kier molecular flexibility index (Phi) is 6.79. The molecule has 0 saturated heterocycles. The van der Waals surface area contributed by atoms with Crippen molar-refractivity contribution in [2.24, 2.45) is 0 Å². The zero-order valence-electron chi connectivity index (χ0n) is 13.8. The number of hydrogen-bond donors (Lipinski definition) is 1. The van der Waals surface area contributed by atoms with Gasteiger partial charge in [0.15, 0.2) is 11.5 Å². The smallest absolute Gasteiger partial charge is 0.335 e. The predicted octanol–water partition coefficient (Wildman–Crippen LogP) is 4.86. The molecule has 0 radical (unpaired) electrons. The number of carboxylic acid groups (broad SMARTS) is 1. The first-order valence-corrected chi connectivity index (χ1v) is 8.39. The lowest BCUT2D eigenvalue weighted by Crippen LogP contribution is -2.11. The van der Waals surface area contributed by atoms with Gasteiger partial charge in [-0.25, -0.2) is 4.79 Å². The highest BCUT2D eigenvalue weighted by atomic mass is 35.5. The van der Waals surface area contributed by atoms with Crippen molar-refractivity contribution in [2.75, 3.05) is 19.8 Å². The Morgan fingerprint density at radius 3 is 2.40 bits per heavy atom. The molecule has 0 saturated carbocycles. The summed E-state index contributed by atoms with van der Waals surface area (Å²) in [6.07, 6.45) is 0. The van der Waals surface area contributed by atoms with E-state index in [-0.39, 0.29) is 29.5 Å². The number of aryl methyl sites for hydroxylation is 1. The van der Waals surface area contributed by atoms with Gasteiger partial charge in [0.1, 0.15) is 19.0 Å². The van der Waals surface area contributed by atoms with Crippen LogP contribution in [0.3, 0.4) is 0 Å². The lowest BCUT2D eigenvalue weighted by atomic mass is 10.2. The van der Waals surface area contributed by atoms with E-state index in [4.69, 9.17) is 42.5 Å². The van der Waals surface area contributed by atoms with Crippen molar-refractivity contribution >= 4 is 29.2 Å². The van der Waals surface area contributed by atoms with Crippen LogP contribution in [-0.2, 0) is 0 Å². The zero-order chi connectivity index (χ0) is 18.4. The summed E-state index contributed by atoms with van der Waals surface area (Å²) in [5.41, 5.74) is 0.958. The number of halogens is 2. The van der Waals surface area contributed by atoms with Gasteiger partial charge >= 0.3 is 5.97 Å². The Morgan fingerprint density at radius 2 is 1.76 bits per heavy atom. The lowest BCUT2D eigenvalue weighted by molar-refractivity contribution is 0.0696. The van der Waals surface area contributed by atoms with Crippen LogP contribution in [0, 0.1) is 6.92 Å². The van der Waals surface area contributed by atoms with Crippen LogP contribution in [0.25, 0.3) is 0 Å². The number of benzene rings is 2. The molecule has 1 N–H and O–H groups in total. The van der Waals surface area contributed by atoms with Crippen LogP contribution in [-0.4, -0.2) is 30.9 Å². The molecular weight excluding hydrogens is 367 g/mol. The standard InChI is InChI=1S/C18H18Cl2O5/c1-3-23-16-10-12(18(21)22)9-15(20)17(16)25-7-6-24-13-4-5-14(19)11(2)8-13/h4-5,8-10H,3,6-7H2,1-2H3,(H,21,22). The van der Waals surface area contributed by atoms with Gasteiger partial charge in [0, 0.05) is 5.02 Å². The lowest BCUT2D eigenvalue weighted by Gasteiger charge is -2.15. The Bertz CT molecular complexity index is 761. The van der Waals surface area contributed by atoms with Crippen LogP contribution in [0.15, 0.2) is 30.3 Å². The van der Waals surface area contributed by atoms with E-state index in [1.165, 1.54) is 12.1 Å². The van der Waals surface area contributed by atoms with E-state index in [0.29, 0.717) is 23.1 Å². The molecule has 0 atom stereocenters. The molecule has 134 valence electrons. The van der Waals surface area contributed by atoms with Gasteiger partial charge in [-0.3, -0.25) is 0 Å². The highest BCUT2D eigenvalue weighted by Crippen LogP contribution is 2.36. The minimum absolute atomic E-state index is 0.0358. The summed E-state index contributed by atoms with van der Waals surface area (Å²) < 4.78 is 16.7. The molecule has 0 unspecified atom stereocenters. The van der Waals surface area contributed by atoms with E-state index in [0.717, 1.165) is 5.56 Å². The van der Waals surface area contributed by atoms with Crippen LogP contribution in [0.2, 0.25) is 10.0 Å². The van der Waals surface area contributed by atoms with Crippen LogP contribution < -0.4 is 14.2 Å². The molecule has 0 aromatic heterocycles. The van der Waals surface area contributed by atoms with E-state index in [1.54, 1.807) is 19.1 Å². The van der Waals surface area contributed by atoms with Crippen LogP contribution in [0.1, 0.15) is 22.8 Å². The zero-order valence-corrected chi connectivity index (χ0v) is 15.4. The number of hydrogen-bond acceptors (Lipinski definition) is 4. The largest absolute Gasteiger partial charge is 0.490 e. The Labute approximate surface area is 156 Å². The number of ether oxygens (including phenoxy) is 3. The molecule has 0 aliphatic rings. The average molecular weight is 385 g/mol. The summed E-state index contributed by atoms with van der Waals surface area (Å²) in [7, 11) is 0. The second kappa shape index (κ2) is 8.83. The van der Waals surface area contributed by atoms with E-state index >= 15 is 0 Å². The summed E-state index contributed by atoms with van der Waals surface area (Å²) in [5.74, 6) is 0.179.